The summed E-state index contributed by atoms with van der Waals surface area (Å²) in [6.45, 7) is 1.95. The van der Waals surface area contributed by atoms with Gasteiger partial charge in [0, 0.05) is 10.6 Å². The number of hydrogen-bond acceptors (Lipinski definition) is 5. The quantitative estimate of drug-likeness (QED) is 0.703. The molecule has 8 heteroatoms. The van der Waals surface area contributed by atoms with E-state index in [4.69, 9.17) is 14.3 Å². The summed E-state index contributed by atoms with van der Waals surface area (Å²) >= 11 is 1.50. The molecule has 0 radical (unpaired) electrons. The van der Waals surface area contributed by atoms with Gasteiger partial charge in [0.05, 0.1) is 18.8 Å². The molecule has 1 N–H and O–H groups in total. The van der Waals surface area contributed by atoms with E-state index in [0.717, 1.165) is 28.3 Å². The van der Waals surface area contributed by atoms with Gasteiger partial charge in [-0.1, -0.05) is 24.3 Å². The van der Waals surface area contributed by atoms with Crippen molar-refractivity contribution in [1.82, 2.24) is 0 Å². The Morgan fingerprint density at radius 1 is 1.18 bits per heavy atom. The average molecular weight is 412 g/mol. The second-order valence-electron chi connectivity index (χ2n) is 5.57. The van der Waals surface area contributed by atoms with Gasteiger partial charge in [0.15, 0.2) is 0 Å². The summed E-state index contributed by atoms with van der Waals surface area (Å²) in [5.74, 6) is 1.26. The number of thioether (sulfide) groups is 1. The van der Waals surface area contributed by atoms with Crippen LogP contribution in [0.15, 0.2) is 53.4 Å². The van der Waals surface area contributed by atoms with Crippen LogP contribution >= 0.6 is 11.8 Å². The molecule has 0 amide bonds. The Bertz CT molecular complexity index is 811. The maximum Gasteiger partial charge on any atom is 0.416 e. The van der Waals surface area contributed by atoms with E-state index in [9.17, 15) is 18.3 Å². The van der Waals surface area contributed by atoms with Crippen LogP contribution in [-0.2, 0) is 15.8 Å². The zero-order valence-electron chi connectivity index (χ0n) is 15.2. The molecule has 2 aromatic carbocycles. The molecule has 0 fully saturated rings. The molecule has 0 saturated heterocycles. The van der Waals surface area contributed by atoms with Crippen molar-refractivity contribution < 1.29 is 32.6 Å². The fourth-order valence-corrected chi connectivity index (χ4v) is 3.08. The molecule has 0 bridgehead atoms. The van der Waals surface area contributed by atoms with Gasteiger partial charge in [0.1, 0.15) is 5.75 Å². The van der Waals surface area contributed by atoms with Crippen molar-refractivity contribution in [3.05, 3.63) is 65.2 Å². The first-order chi connectivity index (χ1) is 13.2. The minimum absolute atomic E-state index is 0.250. The van der Waals surface area contributed by atoms with Gasteiger partial charge in [-0.3, -0.25) is 0 Å². The van der Waals surface area contributed by atoms with Crippen LogP contribution in [0, 0.1) is 6.92 Å². The van der Waals surface area contributed by atoms with Crippen LogP contribution in [-0.4, -0.2) is 30.2 Å². The first-order valence-corrected chi connectivity index (χ1v) is 9.00. The predicted molar refractivity (Wildman–Crippen MR) is 99.9 cm³/mol. The summed E-state index contributed by atoms with van der Waals surface area (Å²) in [7, 11) is 1.62. The van der Waals surface area contributed by atoms with Crippen LogP contribution in [0.25, 0.3) is 6.08 Å². The van der Waals surface area contributed by atoms with E-state index in [1.807, 2.05) is 25.1 Å². The van der Waals surface area contributed by atoms with E-state index in [2.05, 4.69) is 0 Å². The summed E-state index contributed by atoms with van der Waals surface area (Å²) in [4.78, 5) is 17.3. The third-order valence-corrected chi connectivity index (χ3v) is 4.63. The van der Waals surface area contributed by atoms with Crippen LogP contribution in [0.2, 0.25) is 0 Å². The molecule has 1 unspecified atom stereocenters. The van der Waals surface area contributed by atoms with Crippen LogP contribution in [0.4, 0.5) is 13.2 Å². The van der Waals surface area contributed by atoms with E-state index in [-0.39, 0.29) is 6.15 Å². The summed E-state index contributed by atoms with van der Waals surface area (Å²) in [6, 6.07) is 10.6. The number of benzene rings is 2. The highest BCUT2D eigenvalue weighted by Crippen LogP contribution is 2.29. The molecular formula is C20H19F3O4S. The second-order valence-corrected chi connectivity index (χ2v) is 6.67. The summed E-state index contributed by atoms with van der Waals surface area (Å²) in [5, 5.41) is 10.0. The molecular weight excluding hydrogens is 393 g/mol. The molecule has 4 nitrogen and oxygen atoms in total. The monoisotopic (exact) mass is 412 g/mol. The first kappa shape index (κ1) is 23.5. The van der Waals surface area contributed by atoms with E-state index in [1.54, 1.807) is 19.3 Å². The molecule has 0 heterocycles. The molecule has 1 atom stereocenters. The molecule has 0 aliphatic carbocycles. The van der Waals surface area contributed by atoms with Crippen molar-refractivity contribution >= 4 is 24.0 Å². The number of halogens is 3. The van der Waals surface area contributed by atoms with Crippen LogP contribution in [0.3, 0.4) is 0 Å². The van der Waals surface area contributed by atoms with Gasteiger partial charge in [0.25, 0.3) is 0 Å². The number of carbonyl (C=O) groups excluding carboxylic acids is 2. The summed E-state index contributed by atoms with van der Waals surface area (Å²) < 4.78 is 42.7. The van der Waals surface area contributed by atoms with Crippen molar-refractivity contribution in [2.24, 2.45) is 0 Å². The molecule has 2 aromatic rings. The Morgan fingerprint density at radius 2 is 1.79 bits per heavy atom. The van der Waals surface area contributed by atoms with E-state index >= 15 is 0 Å². The average Bonchev–Trinajstić information content (AvgIpc) is 2.65. The van der Waals surface area contributed by atoms with Crippen molar-refractivity contribution in [3.8, 4) is 5.75 Å². The molecule has 28 heavy (non-hydrogen) atoms. The summed E-state index contributed by atoms with van der Waals surface area (Å²) in [5.41, 5.74) is 0.940. The van der Waals surface area contributed by atoms with Crippen LogP contribution < -0.4 is 4.74 Å². The number of aryl methyl sites for hydroxylation is 1. The van der Waals surface area contributed by atoms with E-state index in [1.165, 1.54) is 23.9 Å². The highest BCUT2D eigenvalue weighted by molar-refractivity contribution is 7.99. The fourth-order valence-electron chi connectivity index (χ4n) is 2.18. The number of aliphatic hydroxyl groups excluding tert-OH is 1. The second kappa shape index (κ2) is 11.3. The maximum absolute atomic E-state index is 12.5. The highest BCUT2D eigenvalue weighted by atomic mass is 32.2. The van der Waals surface area contributed by atoms with Gasteiger partial charge >= 0.3 is 12.3 Å². The topological polar surface area (TPSA) is 63.6 Å². The molecule has 150 valence electrons. The molecule has 0 saturated carbocycles. The van der Waals surface area contributed by atoms with Gasteiger partial charge in [-0.05, 0) is 48.4 Å². The van der Waals surface area contributed by atoms with Gasteiger partial charge in [0.2, 0.25) is 0 Å². The lowest BCUT2D eigenvalue weighted by Crippen LogP contribution is -2.05. The minimum atomic E-state index is -4.34. The van der Waals surface area contributed by atoms with Crippen molar-refractivity contribution in [1.29, 1.82) is 0 Å². The van der Waals surface area contributed by atoms with Gasteiger partial charge in [-0.2, -0.15) is 22.8 Å². The Hall–Kier alpha value is -2.54. The predicted octanol–water partition coefficient (Wildman–Crippen LogP) is 4.61. The van der Waals surface area contributed by atoms with Crippen LogP contribution in [0.5, 0.6) is 5.75 Å². The lowest BCUT2D eigenvalue weighted by Gasteiger charge is -2.09. The van der Waals surface area contributed by atoms with Crippen molar-refractivity contribution in [2.75, 3.05) is 12.9 Å². The Kier molecular flexibility index (Phi) is 9.51. The third-order valence-electron chi connectivity index (χ3n) is 3.54. The first-order valence-electron chi connectivity index (χ1n) is 8.01. The van der Waals surface area contributed by atoms with Crippen molar-refractivity contribution in [2.45, 2.75) is 24.1 Å². The van der Waals surface area contributed by atoms with Crippen molar-refractivity contribution in [3.63, 3.8) is 0 Å². The zero-order valence-corrected chi connectivity index (χ0v) is 16.0. The molecule has 0 spiro atoms. The Balaban J connectivity index is 0.00000122. The van der Waals surface area contributed by atoms with Gasteiger partial charge < -0.3 is 9.84 Å². The molecule has 0 aliphatic rings. The highest BCUT2D eigenvalue weighted by Gasteiger charge is 2.29. The smallest absolute Gasteiger partial charge is 0.416 e. The fraction of sp³-hybridized carbons (Fsp3) is 0.250. The largest absolute Gasteiger partial charge is 0.496 e. The zero-order chi connectivity index (χ0) is 21.2. The van der Waals surface area contributed by atoms with Crippen LogP contribution in [0.1, 0.15) is 16.7 Å². The number of alkyl halides is 3. The molecule has 2 rings (SSSR count). The normalized spacial score (nSPS) is 12.1. The molecule has 0 aliphatic heterocycles. The number of ether oxygens (including phenoxy) is 1. The maximum atomic E-state index is 12.5. The van der Waals surface area contributed by atoms with Gasteiger partial charge in [-0.25, -0.2) is 0 Å². The number of hydrogen-bond donors (Lipinski definition) is 1. The number of rotatable bonds is 6. The van der Waals surface area contributed by atoms with E-state index < -0.39 is 17.8 Å². The third kappa shape index (κ3) is 8.00. The van der Waals surface area contributed by atoms with Gasteiger partial charge in [-0.15, -0.1) is 11.8 Å². The van der Waals surface area contributed by atoms with E-state index in [0.29, 0.717) is 11.3 Å². The number of aliphatic hydroxyl groups is 1. The number of methoxy groups -OCH3 is 1. The lowest BCUT2D eigenvalue weighted by molar-refractivity contribution is -0.191. The Morgan fingerprint density at radius 3 is 2.29 bits per heavy atom. The SMILES string of the molecule is COc1ccc(SCC(O)/C=C/c2ccc(C(F)(F)F)cc2)cc1C.O=C=O. The lowest BCUT2D eigenvalue weighted by atomic mass is 10.1. The Labute approximate surface area is 165 Å². The minimum Gasteiger partial charge on any atom is -0.496 e. The standard InChI is InChI=1S/C19H19F3O2S.CO2/c1-13-11-17(9-10-18(13)24-2)25-12-16(23)8-5-14-3-6-15(7-4-14)19(20,21)22;2-1-3/h3-11,16,23H,12H2,1-2H3;/b8-5+;. The summed E-state index contributed by atoms with van der Waals surface area (Å²) in [6.07, 6.45) is -1.60. The molecule has 0 aromatic heterocycles.